The van der Waals surface area contributed by atoms with Gasteiger partial charge in [-0.15, -0.1) is 0 Å². The second-order valence-corrected chi connectivity index (χ2v) is 6.00. The van der Waals surface area contributed by atoms with Gasteiger partial charge in [0, 0.05) is 12.3 Å². The van der Waals surface area contributed by atoms with E-state index in [0.717, 1.165) is 24.2 Å². The molecule has 0 radical (unpaired) electrons. The number of hydrogen-bond donors (Lipinski definition) is 0. The van der Waals surface area contributed by atoms with E-state index in [1.807, 2.05) is 0 Å². The molecular formula is C14H22O. The van der Waals surface area contributed by atoms with Crippen LogP contribution in [0.25, 0.3) is 0 Å². The second kappa shape index (κ2) is 3.92. The molecule has 84 valence electrons. The van der Waals surface area contributed by atoms with Crippen molar-refractivity contribution in [1.29, 1.82) is 0 Å². The van der Waals surface area contributed by atoms with Gasteiger partial charge in [0.2, 0.25) is 0 Å². The van der Waals surface area contributed by atoms with Crippen LogP contribution < -0.4 is 0 Å². The van der Waals surface area contributed by atoms with E-state index in [1.165, 1.54) is 51.4 Å². The first-order valence-corrected chi connectivity index (χ1v) is 6.87. The topological polar surface area (TPSA) is 17.1 Å². The Morgan fingerprint density at radius 1 is 0.800 bits per heavy atom. The zero-order chi connectivity index (χ0) is 10.3. The minimum Gasteiger partial charge on any atom is -0.299 e. The SMILES string of the molecule is O=C1CCCC2CC3CCCCC3CC12. The van der Waals surface area contributed by atoms with E-state index in [-0.39, 0.29) is 0 Å². The molecule has 0 saturated heterocycles. The lowest BCUT2D eigenvalue weighted by molar-refractivity contribution is -0.130. The maximum Gasteiger partial charge on any atom is 0.136 e. The van der Waals surface area contributed by atoms with Crippen molar-refractivity contribution in [1.82, 2.24) is 0 Å². The number of fused-ring (bicyclic) bond motifs is 2. The highest BCUT2D eigenvalue weighted by atomic mass is 16.1. The van der Waals surface area contributed by atoms with Gasteiger partial charge < -0.3 is 0 Å². The third-order valence-electron chi connectivity index (χ3n) is 5.21. The Hall–Kier alpha value is -0.330. The number of carbonyl (C=O) groups excluding carboxylic acids is 1. The minimum atomic E-state index is 0.484. The number of hydrogen-bond acceptors (Lipinski definition) is 1. The largest absolute Gasteiger partial charge is 0.299 e. The highest BCUT2D eigenvalue weighted by molar-refractivity contribution is 5.82. The highest BCUT2D eigenvalue weighted by Gasteiger charge is 2.42. The summed E-state index contributed by atoms with van der Waals surface area (Å²) in [6, 6.07) is 0. The molecule has 0 aromatic rings. The molecule has 1 heteroatoms. The summed E-state index contributed by atoms with van der Waals surface area (Å²) in [4.78, 5) is 11.9. The first-order valence-electron chi connectivity index (χ1n) is 6.87. The van der Waals surface area contributed by atoms with Crippen molar-refractivity contribution in [2.45, 2.75) is 57.8 Å². The summed E-state index contributed by atoms with van der Waals surface area (Å²) < 4.78 is 0. The van der Waals surface area contributed by atoms with Gasteiger partial charge in [-0.05, 0) is 43.4 Å². The van der Waals surface area contributed by atoms with Crippen LogP contribution in [0, 0.1) is 23.7 Å². The van der Waals surface area contributed by atoms with Gasteiger partial charge in [-0.3, -0.25) is 4.79 Å². The summed E-state index contributed by atoms with van der Waals surface area (Å²) in [6.45, 7) is 0. The molecule has 0 aromatic heterocycles. The molecule has 3 aliphatic rings. The molecule has 4 unspecified atom stereocenters. The van der Waals surface area contributed by atoms with Crippen molar-refractivity contribution in [2.24, 2.45) is 23.7 Å². The monoisotopic (exact) mass is 206 g/mol. The van der Waals surface area contributed by atoms with Crippen LogP contribution in [0.1, 0.15) is 57.8 Å². The normalized spacial score (nSPS) is 45.7. The Bertz CT molecular complexity index is 258. The fraction of sp³-hybridized carbons (Fsp3) is 0.929. The fourth-order valence-electron chi connectivity index (χ4n) is 4.41. The molecule has 0 heterocycles. The van der Waals surface area contributed by atoms with Crippen molar-refractivity contribution in [2.75, 3.05) is 0 Å². The Labute approximate surface area is 92.6 Å². The summed E-state index contributed by atoms with van der Waals surface area (Å²) >= 11 is 0. The summed E-state index contributed by atoms with van der Waals surface area (Å²) in [5, 5.41) is 0. The first kappa shape index (κ1) is 9.86. The van der Waals surface area contributed by atoms with E-state index in [9.17, 15) is 4.79 Å². The lowest BCUT2D eigenvalue weighted by Crippen LogP contribution is -2.39. The molecule has 0 aromatic carbocycles. The van der Waals surface area contributed by atoms with Gasteiger partial charge in [0.1, 0.15) is 5.78 Å². The van der Waals surface area contributed by atoms with E-state index in [1.54, 1.807) is 0 Å². The molecule has 0 spiro atoms. The highest BCUT2D eigenvalue weighted by Crippen LogP contribution is 2.48. The average molecular weight is 206 g/mol. The molecule has 3 saturated carbocycles. The molecule has 3 rings (SSSR count). The number of ketones is 1. The Morgan fingerprint density at radius 2 is 1.47 bits per heavy atom. The molecular weight excluding hydrogens is 184 g/mol. The summed E-state index contributed by atoms with van der Waals surface area (Å²) in [5.74, 6) is 3.78. The smallest absolute Gasteiger partial charge is 0.136 e. The predicted molar refractivity (Wildman–Crippen MR) is 60.5 cm³/mol. The van der Waals surface area contributed by atoms with Gasteiger partial charge in [-0.2, -0.15) is 0 Å². The first-order chi connectivity index (χ1) is 7.34. The average Bonchev–Trinajstić information content (AvgIpc) is 2.27. The van der Waals surface area contributed by atoms with Crippen molar-refractivity contribution in [3.63, 3.8) is 0 Å². The molecule has 3 aliphatic carbocycles. The van der Waals surface area contributed by atoms with Crippen LogP contribution in [0.4, 0.5) is 0 Å². The molecule has 0 aliphatic heterocycles. The van der Waals surface area contributed by atoms with Crippen molar-refractivity contribution < 1.29 is 4.79 Å². The Morgan fingerprint density at radius 3 is 2.27 bits per heavy atom. The van der Waals surface area contributed by atoms with E-state index in [2.05, 4.69) is 0 Å². The zero-order valence-corrected chi connectivity index (χ0v) is 9.58. The number of Topliss-reactive ketones (excluding diaryl/α,β-unsaturated/α-hetero) is 1. The van der Waals surface area contributed by atoms with E-state index in [0.29, 0.717) is 11.7 Å². The van der Waals surface area contributed by atoms with E-state index in [4.69, 9.17) is 0 Å². The molecule has 4 atom stereocenters. The second-order valence-electron chi connectivity index (χ2n) is 6.00. The third-order valence-corrected chi connectivity index (χ3v) is 5.21. The maximum absolute atomic E-state index is 11.9. The summed E-state index contributed by atoms with van der Waals surface area (Å²) in [5.41, 5.74) is 0. The van der Waals surface area contributed by atoms with Gasteiger partial charge in [-0.1, -0.05) is 25.7 Å². The van der Waals surface area contributed by atoms with Gasteiger partial charge in [-0.25, -0.2) is 0 Å². The lowest BCUT2D eigenvalue weighted by Gasteiger charge is -2.45. The summed E-state index contributed by atoms with van der Waals surface area (Å²) in [7, 11) is 0. The van der Waals surface area contributed by atoms with Crippen LogP contribution in [0.3, 0.4) is 0 Å². The van der Waals surface area contributed by atoms with Gasteiger partial charge in [0.25, 0.3) is 0 Å². The molecule has 0 amide bonds. The quantitative estimate of drug-likeness (QED) is 0.592. The Balaban J connectivity index is 1.74. The molecule has 0 bridgehead atoms. The third kappa shape index (κ3) is 1.74. The zero-order valence-electron chi connectivity index (χ0n) is 9.58. The molecule has 0 N–H and O–H groups in total. The van der Waals surface area contributed by atoms with Crippen LogP contribution in [-0.2, 0) is 4.79 Å². The van der Waals surface area contributed by atoms with Crippen LogP contribution in [0.2, 0.25) is 0 Å². The van der Waals surface area contributed by atoms with Gasteiger partial charge >= 0.3 is 0 Å². The number of rotatable bonds is 0. The maximum atomic E-state index is 11.9. The Kier molecular flexibility index (Phi) is 2.58. The van der Waals surface area contributed by atoms with Crippen LogP contribution >= 0.6 is 0 Å². The molecule has 15 heavy (non-hydrogen) atoms. The van der Waals surface area contributed by atoms with Crippen molar-refractivity contribution in [3.05, 3.63) is 0 Å². The lowest BCUT2D eigenvalue weighted by atomic mass is 9.59. The van der Waals surface area contributed by atoms with E-state index < -0.39 is 0 Å². The van der Waals surface area contributed by atoms with Gasteiger partial charge in [0.15, 0.2) is 0 Å². The van der Waals surface area contributed by atoms with Gasteiger partial charge in [0.05, 0.1) is 0 Å². The predicted octanol–water partition coefficient (Wildman–Crippen LogP) is 3.57. The van der Waals surface area contributed by atoms with Crippen molar-refractivity contribution >= 4 is 5.78 Å². The standard InChI is InChI=1S/C14H22O/c15-14-7-3-6-12-8-10-4-1-2-5-11(10)9-13(12)14/h10-13H,1-9H2. The molecule has 3 fully saturated rings. The van der Waals surface area contributed by atoms with Crippen LogP contribution in [0.5, 0.6) is 0 Å². The summed E-state index contributed by atoms with van der Waals surface area (Å²) in [6.07, 6.45) is 11.8. The number of carbonyl (C=O) groups is 1. The minimum absolute atomic E-state index is 0.484. The van der Waals surface area contributed by atoms with Crippen molar-refractivity contribution in [3.8, 4) is 0 Å². The van der Waals surface area contributed by atoms with Crippen LogP contribution in [0.15, 0.2) is 0 Å². The van der Waals surface area contributed by atoms with E-state index >= 15 is 0 Å². The fourth-order valence-corrected chi connectivity index (χ4v) is 4.41. The van der Waals surface area contributed by atoms with Crippen LogP contribution in [-0.4, -0.2) is 5.78 Å². The molecule has 1 nitrogen and oxygen atoms in total.